The van der Waals surface area contributed by atoms with E-state index in [0.29, 0.717) is 24.9 Å². The molecule has 3 N–H and O–H groups in total. The number of carbonyl (C=O) groups excluding carboxylic acids is 2. The SMILES string of the molecule is O=C1CCc2cc(C(=O)NCc3ccccc3CO)ccc2N1. The monoisotopic (exact) mass is 310 g/mol. The van der Waals surface area contributed by atoms with E-state index >= 15 is 0 Å². The van der Waals surface area contributed by atoms with E-state index in [2.05, 4.69) is 10.6 Å². The summed E-state index contributed by atoms with van der Waals surface area (Å²) in [5.74, 6) is -0.159. The average Bonchev–Trinajstić information content (AvgIpc) is 2.59. The molecule has 0 unspecified atom stereocenters. The molecule has 5 nitrogen and oxygen atoms in total. The van der Waals surface area contributed by atoms with E-state index in [-0.39, 0.29) is 18.4 Å². The highest BCUT2D eigenvalue weighted by molar-refractivity contribution is 5.97. The molecular weight excluding hydrogens is 292 g/mol. The maximum atomic E-state index is 12.3. The van der Waals surface area contributed by atoms with Gasteiger partial charge in [0.05, 0.1) is 6.61 Å². The van der Waals surface area contributed by atoms with E-state index in [4.69, 9.17) is 0 Å². The van der Waals surface area contributed by atoms with E-state index in [1.807, 2.05) is 30.3 Å². The summed E-state index contributed by atoms with van der Waals surface area (Å²) < 4.78 is 0. The molecule has 23 heavy (non-hydrogen) atoms. The Morgan fingerprint density at radius 1 is 1.13 bits per heavy atom. The van der Waals surface area contributed by atoms with Crippen molar-refractivity contribution in [3.8, 4) is 0 Å². The van der Waals surface area contributed by atoms with Crippen LogP contribution < -0.4 is 10.6 Å². The zero-order valence-electron chi connectivity index (χ0n) is 12.6. The van der Waals surface area contributed by atoms with Crippen LogP contribution >= 0.6 is 0 Å². The third kappa shape index (κ3) is 3.40. The number of anilines is 1. The summed E-state index contributed by atoms with van der Waals surface area (Å²) in [7, 11) is 0. The highest BCUT2D eigenvalue weighted by Crippen LogP contribution is 2.23. The predicted octanol–water partition coefficient (Wildman–Crippen LogP) is 1.99. The van der Waals surface area contributed by atoms with Crippen molar-refractivity contribution in [3.05, 3.63) is 64.7 Å². The average molecular weight is 310 g/mol. The van der Waals surface area contributed by atoms with Gasteiger partial charge in [-0.3, -0.25) is 9.59 Å². The van der Waals surface area contributed by atoms with Gasteiger partial charge >= 0.3 is 0 Å². The van der Waals surface area contributed by atoms with Gasteiger partial charge in [-0.05, 0) is 41.3 Å². The molecule has 0 aromatic heterocycles. The molecule has 0 radical (unpaired) electrons. The molecule has 1 heterocycles. The van der Waals surface area contributed by atoms with E-state index in [9.17, 15) is 14.7 Å². The quantitative estimate of drug-likeness (QED) is 0.808. The second kappa shape index (κ2) is 6.62. The first-order valence-electron chi connectivity index (χ1n) is 7.56. The fourth-order valence-corrected chi connectivity index (χ4v) is 2.69. The molecule has 3 rings (SSSR count). The molecule has 0 spiro atoms. The fraction of sp³-hybridized carbons (Fsp3) is 0.222. The van der Waals surface area contributed by atoms with Crippen molar-refractivity contribution < 1.29 is 14.7 Å². The lowest BCUT2D eigenvalue weighted by Gasteiger charge is -2.17. The van der Waals surface area contributed by atoms with E-state index in [1.165, 1.54) is 0 Å². The van der Waals surface area contributed by atoms with Gasteiger partial charge < -0.3 is 15.7 Å². The van der Waals surface area contributed by atoms with Crippen LogP contribution in [-0.2, 0) is 24.4 Å². The normalized spacial score (nSPS) is 13.2. The van der Waals surface area contributed by atoms with Gasteiger partial charge in [0, 0.05) is 24.2 Å². The van der Waals surface area contributed by atoms with Crippen molar-refractivity contribution in [3.63, 3.8) is 0 Å². The molecule has 0 aliphatic carbocycles. The third-order valence-corrected chi connectivity index (χ3v) is 3.99. The third-order valence-electron chi connectivity index (χ3n) is 3.99. The maximum Gasteiger partial charge on any atom is 0.251 e. The highest BCUT2D eigenvalue weighted by atomic mass is 16.3. The standard InChI is InChI=1S/C18H18N2O3/c21-11-15-4-2-1-3-14(15)10-19-18(23)13-5-7-16-12(9-13)6-8-17(22)20-16/h1-5,7,9,21H,6,8,10-11H2,(H,19,23)(H,20,22). The number of hydrogen-bond donors (Lipinski definition) is 3. The molecule has 0 saturated heterocycles. The van der Waals surface area contributed by atoms with Crippen molar-refractivity contribution in [1.82, 2.24) is 5.32 Å². The smallest absolute Gasteiger partial charge is 0.251 e. The van der Waals surface area contributed by atoms with E-state index in [0.717, 1.165) is 22.4 Å². The van der Waals surface area contributed by atoms with Crippen LogP contribution in [0.3, 0.4) is 0 Å². The number of fused-ring (bicyclic) bond motifs is 1. The minimum Gasteiger partial charge on any atom is -0.392 e. The van der Waals surface area contributed by atoms with Gasteiger partial charge in [0.1, 0.15) is 0 Å². The molecule has 0 fully saturated rings. The minimum atomic E-state index is -0.169. The summed E-state index contributed by atoms with van der Waals surface area (Å²) in [6.45, 7) is 0.313. The number of hydrogen-bond acceptors (Lipinski definition) is 3. The van der Waals surface area contributed by atoms with Crippen LogP contribution in [0.15, 0.2) is 42.5 Å². The second-order valence-electron chi connectivity index (χ2n) is 5.53. The summed E-state index contributed by atoms with van der Waals surface area (Å²) in [5.41, 5.74) is 4.03. The van der Waals surface area contributed by atoms with Gasteiger partial charge in [0.15, 0.2) is 0 Å². The first kappa shape index (κ1) is 15.2. The zero-order chi connectivity index (χ0) is 16.2. The number of amides is 2. The van der Waals surface area contributed by atoms with E-state index in [1.54, 1.807) is 12.1 Å². The Morgan fingerprint density at radius 2 is 1.91 bits per heavy atom. The molecule has 0 atom stereocenters. The Labute approximate surface area is 134 Å². The Kier molecular flexibility index (Phi) is 4.39. The summed E-state index contributed by atoms with van der Waals surface area (Å²) in [6, 6.07) is 12.7. The van der Waals surface area contributed by atoms with Crippen molar-refractivity contribution in [1.29, 1.82) is 0 Å². The van der Waals surface area contributed by atoms with Crippen LogP contribution in [0.1, 0.15) is 33.5 Å². The topological polar surface area (TPSA) is 78.4 Å². The van der Waals surface area contributed by atoms with Crippen molar-refractivity contribution >= 4 is 17.5 Å². The van der Waals surface area contributed by atoms with Crippen LogP contribution in [0, 0.1) is 0 Å². The molecule has 118 valence electrons. The molecule has 2 aromatic carbocycles. The minimum absolute atomic E-state index is 0.00955. The lowest BCUT2D eigenvalue weighted by atomic mass is 10.00. The zero-order valence-corrected chi connectivity index (χ0v) is 12.6. The highest BCUT2D eigenvalue weighted by Gasteiger charge is 2.16. The van der Waals surface area contributed by atoms with Crippen LogP contribution in [0.5, 0.6) is 0 Å². The predicted molar refractivity (Wildman–Crippen MR) is 86.9 cm³/mol. The van der Waals surface area contributed by atoms with Crippen molar-refractivity contribution in [2.75, 3.05) is 5.32 Å². The molecular formula is C18H18N2O3. The van der Waals surface area contributed by atoms with Gasteiger partial charge in [-0.2, -0.15) is 0 Å². The lowest BCUT2D eigenvalue weighted by Crippen LogP contribution is -2.24. The van der Waals surface area contributed by atoms with Gasteiger partial charge in [0.2, 0.25) is 5.91 Å². The summed E-state index contributed by atoms with van der Waals surface area (Å²) in [4.78, 5) is 23.7. The summed E-state index contributed by atoms with van der Waals surface area (Å²) in [6.07, 6.45) is 1.09. The molecule has 1 aliphatic rings. The van der Waals surface area contributed by atoms with Gasteiger partial charge in [-0.25, -0.2) is 0 Å². The number of aliphatic hydroxyl groups is 1. The van der Waals surface area contributed by atoms with Crippen LogP contribution in [0.2, 0.25) is 0 Å². The first-order chi connectivity index (χ1) is 11.2. The summed E-state index contributed by atoms with van der Waals surface area (Å²) in [5, 5.41) is 15.0. The molecule has 0 saturated carbocycles. The molecule has 5 heteroatoms. The largest absolute Gasteiger partial charge is 0.392 e. The van der Waals surface area contributed by atoms with Crippen LogP contribution in [0.25, 0.3) is 0 Å². The van der Waals surface area contributed by atoms with Crippen molar-refractivity contribution in [2.45, 2.75) is 26.0 Å². The Bertz CT molecular complexity index is 756. The number of rotatable bonds is 4. The maximum absolute atomic E-state index is 12.3. The molecule has 2 amide bonds. The summed E-state index contributed by atoms with van der Waals surface area (Å²) >= 11 is 0. The van der Waals surface area contributed by atoms with E-state index < -0.39 is 0 Å². The number of aryl methyl sites for hydroxylation is 1. The molecule has 1 aliphatic heterocycles. The molecule has 2 aromatic rings. The van der Waals surface area contributed by atoms with Crippen LogP contribution in [0.4, 0.5) is 5.69 Å². The number of nitrogens with one attached hydrogen (secondary N) is 2. The number of benzene rings is 2. The lowest BCUT2D eigenvalue weighted by molar-refractivity contribution is -0.116. The van der Waals surface area contributed by atoms with Gasteiger partial charge in [-0.15, -0.1) is 0 Å². The fourth-order valence-electron chi connectivity index (χ4n) is 2.69. The Balaban J connectivity index is 1.70. The van der Waals surface area contributed by atoms with Crippen molar-refractivity contribution in [2.24, 2.45) is 0 Å². The van der Waals surface area contributed by atoms with Gasteiger partial charge in [0.25, 0.3) is 5.91 Å². The Morgan fingerprint density at radius 3 is 2.70 bits per heavy atom. The van der Waals surface area contributed by atoms with Crippen LogP contribution in [-0.4, -0.2) is 16.9 Å². The number of aliphatic hydroxyl groups excluding tert-OH is 1. The first-order valence-corrected chi connectivity index (χ1v) is 7.56. The second-order valence-corrected chi connectivity index (χ2v) is 5.53. The molecule has 0 bridgehead atoms. The van der Waals surface area contributed by atoms with Gasteiger partial charge in [-0.1, -0.05) is 24.3 Å². The number of carbonyl (C=O) groups is 2. The Hall–Kier alpha value is -2.66.